The minimum absolute atomic E-state index is 0.0534. The number of sulfonamides is 1. The van der Waals surface area contributed by atoms with Gasteiger partial charge in [0.1, 0.15) is 5.82 Å². The van der Waals surface area contributed by atoms with Gasteiger partial charge in [0.05, 0.1) is 28.1 Å². The zero-order valence-electron chi connectivity index (χ0n) is 15.8. The van der Waals surface area contributed by atoms with Gasteiger partial charge < -0.3 is 0 Å². The molecule has 29 heavy (non-hydrogen) atoms. The van der Waals surface area contributed by atoms with Crippen LogP contribution < -0.4 is 4.72 Å². The molecule has 3 aromatic rings. The van der Waals surface area contributed by atoms with Crippen LogP contribution in [0.3, 0.4) is 0 Å². The highest BCUT2D eigenvalue weighted by Crippen LogP contribution is 2.31. The number of nitrogens with one attached hydrogen (secondary N) is 1. The number of benzene rings is 2. The normalized spacial score (nSPS) is 18.6. The van der Waals surface area contributed by atoms with Crippen LogP contribution in [0.2, 0.25) is 0 Å². The summed E-state index contributed by atoms with van der Waals surface area (Å²) >= 11 is 0. The van der Waals surface area contributed by atoms with E-state index in [0.29, 0.717) is 12.1 Å². The Bertz CT molecular complexity index is 1230. The monoisotopic (exact) mass is 431 g/mol. The first kappa shape index (κ1) is 19.7. The molecule has 1 saturated heterocycles. The highest BCUT2D eigenvalue weighted by Gasteiger charge is 2.32. The molecule has 7 nitrogen and oxygen atoms in total. The standard InChI is InChI=1S/C20H21N3O4S2/c1-15-7-9-18(10-8-15)29(26,27)22-20-13-19(16-5-3-2-4-6-16)21-23(20)17-11-12-28(24,25)14-17/h2-10,13,17,22H,11-12,14H2,1H3. The molecule has 0 aliphatic carbocycles. The van der Waals surface area contributed by atoms with E-state index in [-0.39, 0.29) is 22.2 Å². The largest absolute Gasteiger partial charge is 0.264 e. The fraction of sp³-hybridized carbons (Fsp3) is 0.250. The summed E-state index contributed by atoms with van der Waals surface area (Å²) in [6.07, 6.45) is 0.400. The molecule has 1 unspecified atom stereocenters. The average Bonchev–Trinajstić information content (AvgIpc) is 3.25. The van der Waals surface area contributed by atoms with Crippen LogP contribution >= 0.6 is 0 Å². The maximum atomic E-state index is 12.9. The molecule has 1 fully saturated rings. The summed E-state index contributed by atoms with van der Waals surface area (Å²) in [4.78, 5) is 0.135. The van der Waals surface area contributed by atoms with E-state index in [1.807, 2.05) is 37.3 Å². The van der Waals surface area contributed by atoms with Crippen LogP contribution in [0.4, 0.5) is 5.82 Å². The van der Waals surface area contributed by atoms with Crippen LogP contribution in [-0.2, 0) is 19.9 Å². The zero-order valence-corrected chi connectivity index (χ0v) is 17.4. The van der Waals surface area contributed by atoms with E-state index < -0.39 is 25.9 Å². The van der Waals surface area contributed by atoms with Crippen molar-refractivity contribution in [1.29, 1.82) is 0 Å². The smallest absolute Gasteiger partial charge is 0.263 e. The van der Waals surface area contributed by atoms with Crippen molar-refractivity contribution in [3.05, 3.63) is 66.2 Å². The van der Waals surface area contributed by atoms with Crippen molar-refractivity contribution in [2.75, 3.05) is 16.2 Å². The molecule has 2 aromatic carbocycles. The van der Waals surface area contributed by atoms with Gasteiger partial charge in [0, 0.05) is 11.6 Å². The molecule has 1 N–H and O–H groups in total. The first-order valence-electron chi connectivity index (χ1n) is 9.18. The molecule has 152 valence electrons. The predicted octanol–water partition coefficient (Wildman–Crippen LogP) is 3.02. The van der Waals surface area contributed by atoms with Crippen molar-refractivity contribution in [3.8, 4) is 11.3 Å². The lowest BCUT2D eigenvalue weighted by molar-refractivity contribution is 0.507. The molecule has 0 bridgehead atoms. The Morgan fingerprint density at radius 1 is 1.07 bits per heavy atom. The third-order valence-corrected chi connectivity index (χ3v) is 8.05. The van der Waals surface area contributed by atoms with Crippen LogP contribution in [0.25, 0.3) is 11.3 Å². The lowest BCUT2D eigenvalue weighted by Crippen LogP contribution is -2.20. The Kier molecular flexibility index (Phi) is 4.95. The van der Waals surface area contributed by atoms with Crippen LogP contribution in [0.5, 0.6) is 0 Å². The predicted molar refractivity (Wildman–Crippen MR) is 112 cm³/mol. The Hall–Kier alpha value is -2.65. The van der Waals surface area contributed by atoms with Crippen LogP contribution in [-0.4, -0.2) is 38.1 Å². The van der Waals surface area contributed by atoms with Gasteiger partial charge in [-0.25, -0.2) is 21.5 Å². The highest BCUT2D eigenvalue weighted by atomic mass is 32.2. The molecule has 9 heteroatoms. The summed E-state index contributed by atoms with van der Waals surface area (Å²) in [7, 11) is -6.99. The van der Waals surface area contributed by atoms with E-state index in [4.69, 9.17) is 0 Å². The number of nitrogens with zero attached hydrogens (tertiary/aromatic N) is 2. The minimum Gasteiger partial charge on any atom is -0.264 e. The SMILES string of the molecule is Cc1ccc(S(=O)(=O)Nc2cc(-c3ccccc3)nn2C2CCS(=O)(=O)C2)cc1. The summed E-state index contributed by atoms with van der Waals surface area (Å²) in [5.41, 5.74) is 2.36. The van der Waals surface area contributed by atoms with Crippen molar-refractivity contribution in [1.82, 2.24) is 9.78 Å². The summed E-state index contributed by atoms with van der Waals surface area (Å²) in [6.45, 7) is 1.88. The van der Waals surface area contributed by atoms with Gasteiger partial charge in [-0.15, -0.1) is 0 Å². The summed E-state index contributed by atoms with van der Waals surface area (Å²) in [6, 6.07) is 17.1. The summed E-state index contributed by atoms with van der Waals surface area (Å²) < 4.78 is 53.8. The number of rotatable bonds is 5. The lowest BCUT2D eigenvalue weighted by Gasteiger charge is -2.14. The van der Waals surface area contributed by atoms with Crippen LogP contribution in [0, 0.1) is 6.92 Å². The van der Waals surface area contributed by atoms with E-state index in [1.165, 1.54) is 16.8 Å². The first-order valence-corrected chi connectivity index (χ1v) is 12.5. The van der Waals surface area contributed by atoms with Crippen LogP contribution in [0.1, 0.15) is 18.0 Å². The second-order valence-corrected chi connectivity index (χ2v) is 11.1. The van der Waals surface area contributed by atoms with Gasteiger partial charge in [-0.1, -0.05) is 48.0 Å². The minimum atomic E-state index is -3.84. The van der Waals surface area contributed by atoms with E-state index in [2.05, 4.69) is 9.82 Å². The number of anilines is 1. The highest BCUT2D eigenvalue weighted by molar-refractivity contribution is 7.92. The maximum Gasteiger partial charge on any atom is 0.263 e. The molecule has 1 aliphatic heterocycles. The van der Waals surface area contributed by atoms with Gasteiger partial charge in [-0.2, -0.15) is 5.10 Å². The van der Waals surface area contributed by atoms with Crippen molar-refractivity contribution in [2.24, 2.45) is 0 Å². The molecule has 1 atom stereocenters. The van der Waals surface area contributed by atoms with Gasteiger partial charge >= 0.3 is 0 Å². The summed E-state index contributed by atoms with van der Waals surface area (Å²) in [5.74, 6) is 0.274. The van der Waals surface area contributed by atoms with Gasteiger partial charge in [0.2, 0.25) is 0 Å². The molecule has 0 radical (unpaired) electrons. The van der Waals surface area contributed by atoms with Crippen molar-refractivity contribution in [3.63, 3.8) is 0 Å². The molecule has 0 amide bonds. The quantitative estimate of drug-likeness (QED) is 0.670. The number of sulfone groups is 1. The van der Waals surface area contributed by atoms with Gasteiger partial charge in [-0.3, -0.25) is 4.72 Å². The van der Waals surface area contributed by atoms with Crippen LogP contribution in [0.15, 0.2) is 65.6 Å². The molecule has 1 aliphatic rings. The first-order chi connectivity index (χ1) is 13.7. The second kappa shape index (κ2) is 7.31. The number of hydrogen-bond acceptors (Lipinski definition) is 5. The topological polar surface area (TPSA) is 98.1 Å². The fourth-order valence-electron chi connectivity index (χ4n) is 3.38. The molecular weight excluding hydrogens is 410 g/mol. The van der Waals surface area contributed by atoms with Gasteiger partial charge in [0.15, 0.2) is 9.84 Å². The molecule has 2 heterocycles. The molecule has 4 rings (SSSR count). The Labute approximate surface area is 170 Å². The fourth-order valence-corrected chi connectivity index (χ4v) is 6.11. The summed E-state index contributed by atoms with van der Waals surface area (Å²) in [5, 5.41) is 4.55. The van der Waals surface area contributed by atoms with Crippen molar-refractivity contribution >= 4 is 25.7 Å². The Morgan fingerprint density at radius 3 is 2.38 bits per heavy atom. The number of aromatic nitrogens is 2. The molecule has 1 aromatic heterocycles. The molecular formula is C20H21N3O4S2. The molecule has 0 spiro atoms. The third-order valence-electron chi connectivity index (χ3n) is 4.93. The van der Waals surface area contributed by atoms with Crippen molar-refractivity contribution in [2.45, 2.75) is 24.3 Å². The second-order valence-electron chi connectivity index (χ2n) is 7.20. The van der Waals surface area contributed by atoms with E-state index in [0.717, 1.165) is 11.1 Å². The van der Waals surface area contributed by atoms with Gasteiger partial charge in [-0.05, 0) is 25.5 Å². The Balaban J connectivity index is 1.75. The van der Waals surface area contributed by atoms with Gasteiger partial charge in [0.25, 0.3) is 10.0 Å². The average molecular weight is 432 g/mol. The van der Waals surface area contributed by atoms with Crippen molar-refractivity contribution < 1.29 is 16.8 Å². The van der Waals surface area contributed by atoms with E-state index >= 15 is 0 Å². The lowest BCUT2D eigenvalue weighted by atomic mass is 10.2. The van der Waals surface area contributed by atoms with E-state index in [1.54, 1.807) is 18.2 Å². The maximum absolute atomic E-state index is 12.9. The Morgan fingerprint density at radius 2 is 1.76 bits per heavy atom. The van der Waals surface area contributed by atoms with E-state index in [9.17, 15) is 16.8 Å². The zero-order chi connectivity index (χ0) is 20.6. The third kappa shape index (κ3) is 4.20. The number of hydrogen-bond donors (Lipinski definition) is 1. The molecule has 0 saturated carbocycles. The number of aryl methyl sites for hydroxylation is 1.